The van der Waals surface area contributed by atoms with Crippen LogP contribution in [0.5, 0.6) is 0 Å². The number of benzene rings is 1. The smallest absolute Gasteiger partial charge is 0.322 e. The molecule has 14 heteroatoms. The highest BCUT2D eigenvalue weighted by Crippen LogP contribution is 2.45. The summed E-state index contributed by atoms with van der Waals surface area (Å²) in [5.74, 6) is -3.41. The van der Waals surface area contributed by atoms with E-state index in [2.05, 4.69) is 20.6 Å². The molecular formula is C22H27N9O5. The summed E-state index contributed by atoms with van der Waals surface area (Å²) in [7, 11) is 0. The van der Waals surface area contributed by atoms with Crippen LogP contribution in [0.15, 0.2) is 34.3 Å². The van der Waals surface area contributed by atoms with Gasteiger partial charge in [-0.1, -0.05) is 18.2 Å². The number of carbonyl (C=O) groups is 3. The molecule has 14 nitrogen and oxygen atoms in total. The van der Waals surface area contributed by atoms with Crippen molar-refractivity contribution in [2.75, 3.05) is 24.5 Å². The Morgan fingerprint density at radius 2 is 1.86 bits per heavy atom. The number of likely N-dealkylation sites (tertiary alicyclic amines) is 1. The van der Waals surface area contributed by atoms with E-state index < -0.39 is 35.6 Å². The number of amides is 4. The number of guanidine groups is 2. The minimum Gasteiger partial charge on any atom is -0.370 e. The average molecular weight is 498 g/mol. The molecule has 5 heterocycles. The van der Waals surface area contributed by atoms with Crippen molar-refractivity contribution in [3.05, 3.63) is 29.8 Å². The molecule has 2 fully saturated rings. The number of aliphatic hydroxyl groups is 2. The van der Waals surface area contributed by atoms with Gasteiger partial charge in [0.2, 0.25) is 17.6 Å². The molecule has 6 rings (SSSR count). The fourth-order valence-electron chi connectivity index (χ4n) is 6.03. The summed E-state index contributed by atoms with van der Waals surface area (Å²) in [5.41, 5.74) is 12.3. The molecule has 2 unspecified atom stereocenters. The van der Waals surface area contributed by atoms with Crippen LogP contribution in [-0.2, 0) is 16.0 Å². The van der Waals surface area contributed by atoms with Gasteiger partial charge in [-0.2, -0.15) is 0 Å². The van der Waals surface area contributed by atoms with E-state index in [0.29, 0.717) is 13.0 Å². The first-order valence-corrected chi connectivity index (χ1v) is 11.8. The number of anilines is 1. The Balaban J connectivity index is 1.30. The SMILES string of the molecule is NC1=N[C@H]2C(CN3C(=O)CCC3=O)N=C(N)N3CC(NC(=O)N4CCc5ccccc54)C(O)(O)[C@]23N1. The Kier molecular flexibility index (Phi) is 4.72. The molecule has 190 valence electrons. The second-order valence-electron chi connectivity index (χ2n) is 9.67. The largest absolute Gasteiger partial charge is 0.370 e. The molecule has 1 spiro atoms. The molecular weight excluding hydrogens is 470 g/mol. The van der Waals surface area contributed by atoms with Crippen LogP contribution in [-0.4, -0.2) is 99.0 Å². The first kappa shape index (κ1) is 22.5. The van der Waals surface area contributed by atoms with Gasteiger partial charge in [0.25, 0.3) is 0 Å². The van der Waals surface area contributed by atoms with Crippen LogP contribution in [0.1, 0.15) is 18.4 Å². The number of nitrogens with zero attached hydrogens (tertiary/aromatic N) is 5. The highest BCUT2D eigenvalue weighted by molar-refractivity contribution is 6.02. The molecule has 8 N–H and O–H groups in total. The van der Waals surface area contributed by atoms with Gasteiger partial charge in [-0.25, -0.2) is 14.8 Å². The lowest BCUT2D eigenvalue weighted by Crippen LogP contribution is -2.78. The van der Waals surface area contributed by atoms with E-state index >= 15 is 0 Å². The maximum absolute atomic E-state index is 13.2. The first-order chi connectivity index (χ1) is 17.1. The monoisotopic (exact) mass is 497 g/mol. The highest BCUT2D eigenvalue weighted by atomic mass is 16.5. The Hall–Kier alpha value is -3.91. The third-order valence-corrected chi connectivity index (χ3v) is 7.76. The molecule has 36 heavy (non-hydrogen) atoms. The number of aliphatic imine (C=N–C) groups is 2. The van der Waals surface area contributed by atoms with E-state index in [0.717, 1.165) is 16.2 Å². The Morgan fingerprint density at radius 1 is 1.14 bits per heavy atom. The van der Waals surface area contributed by atoms with Crippen molar-refractivity contribution >= 4 is 35.5 Å². The quantitative estimate of drug-likeness (QED) is 0.185. The fourth-order valence-corrected chi connectivity index (χ4v) is 6.03. The predicted molar refractivity (Wildman–Crippen MR) is 126 cm³/mol. The van der Waals surface area contributed by atoms with Gasteiger partial charge >= 0.3 is 6.03 Å². The number of para-hydroxylation sites is 1. The second-order valence-corrected chi connectivity index (χ2v) is 9.67. The van der Waals surface area contributed by atoms with E-state index in [-0.39, 0.29) is 49.7 Å². The van der Waals surface area contributed by atoms with Crippen LogP contribution in [0.4, 0.5) is 10.5 Å². The lowest BCUT2D eigenvalue weighted by molar-refractivity contribution is -0.230. The topological polar surface area (TPSA) is 202 Å². The average Bonchev–Trinajstić information content (AvgIpc) is 3.56. The lowest BCUT2D eigenvalue weighted by atomic mass is 9.85. The predicted octanol–water partition coefficient (Wildman–Crippen LogP) is -3.05. The standard InChI is InChI=1S/C22H27N9O5/c23-18-27-17-12(9-30-15(32)5-6-16(30)33)25-19(24)31-10-14(22(35,36)21(17,31)28-18)26-20(34)29-8-7-11-3-1-2-4-13(11)29/h1-4,12,14,17,35-36H,5-10H2,(H2,24,25)(H,26,34)(H3,23,27,28)/t12?,14?,17-,21-/m0/s1. The number of nitrogens with two attached hydrogens (primary N) is 2. The van der Waals surface area contributed by atoms with Gasteiger partial charge in [-0.15, -0.1) is 0 Å². The number of hydrogen-bond acceptors (Lipinski definition) is 11. The van der Waals surface area contributed by atoms with Crippen molar-refractivity contribution in [2.45, 2.75) is 48.8 Å². The van der Waals surface area contributed by atoms with Gasteiger partial charge in [-0.3, -0.25) is 19.4 Å². The maximum atomic E-state index is 13.2. The van der Waals surface area contributed by atoms with E-state index in [1.54, 1.807) is 4.90 Å². The van der Waals surface area contributed by atoms with Crippen LogP contribution in [0, 0.1) is 0 Å². The molecule has 5 aliphatic heterocycles. The van der Waals surface area contributed by atoms with Gasteiger partial charge in [0.1, 0.15) is 12.1 Å². The van der Waals surface area contributed by atoms with Crippen LogP contribution in [0.3, 0.4) is 0 Å². The second kappa shape index (κ2) is 7.54. The molecule has 4 atom stereocenters. The molecule has 4 amide bonds. The third-order valence-electron chi connectivity index (χ3n) is 7.76. The third kappa shape index (κ3) is 2.94. The highest BCUT2D eigenvalue weighted by Gasteiger charge is 2.73. The molecule has 0 aromatic heterocycles. The summed E-state index contributed by atoms with van der Waals surface area (Å²) in [5, 5.41) is 28.7. The minimum atomic E-state index is -2.60. The van der Waals surface area contributed by atoms with Gasteiger partial charge in [0.05, 0.1) is 12.6 Å². The van der Waals surface area contributed by atoms with Crippen molar-refractivity contribution in [3.8, 4) is 0 Å². The Bertz CT molecular complexity index is 1220. The van der Waals surface area contributed by atoms with Crippen LogP contribution in [0.2, 0.25) is 0 Å². The summed E-state index contributed by atoms with van der Waals surface area (Å²) in [4.78, 5) is 50.5. The molecule has 5 aliphatic rings. The summed E-state index contributed by atoms with van der Waals surface area (Å²) in [6, 6.07) is 3.95. The Morgan fingerprint density at radius 3 is 2.61 bits per heavy atom. The van der Waals surface area contributed by atoms with Crippen LogP contribution < -0.4 is 27.0 Å². The van der Waals surface area contributed by atoms with Crippen LogP contribution >= 0.6 is 0 Å². The summed E-state index contributed by atoms with van der Waals surface area (Å²) in [6.07, 6.45) is 0.902. The number of nitrogens with one attached hydrogen (secondary N) is 2. The lowest BCUT2D eigenvalue weighted by Gasteiger charge is -2.49. The molecule has 0 bridgehead atoms. The number of urea groups is 1. The summed E-state index contributed by atoms with van der Waals surface area (Å²) in [6.45, 7) is 0.232. The number of fused-ring (bicyclic) bond motifs is 1. The minimum absolute atomic E-state index is 0.0523. The van der Waals surface area contributed by atoms with Gasteiger partial charge < -0.3 is 37.2 Å². The van der Waals surface area contributed by atoms with Crippen molar-refractivity contribution in [2.24, 2.45) is 21.5 Å². The fraction of sp³-hybridized carbons (Fsp3) is 0.500. The van der Waals surface area contributed by atoms with Crippen LogP contribution in [0.25, 0.3) is 0 Å². The van der Waals surface area contributed by atoms with E-state index in [4.69, 9.17) is 11.5 Å². The van der Waals surface area contributed by atoms with E-state index in [1.807, 2.05) is 24.3 Å². The zero-order chi connectivity index (χ0) is 25.4. The number of rotatable bonds is 3. The Labute approximate surface area is 205 Å². The zero-order valence-corrected chi connectivity index (χ0v) is 19.3. The number of carbonyl (C=O) groups excluding carboxylic acids is 3. The van der Waals surface area contributed by atoms with Gasteiger partial charge in [0.15, 0.2) is 17.6 Å². The van der Waals surface area contributed by atoms with Crippen molar-refractivity contribution in [1.82, 2.24) is 20.4 Å². The zero-order valence-electron chi connectivity index (χ0n) is 19.3. The molecule has 1 aromatic carbocycles. The van der Waals surface area contributed by atoms with E-state index in [1.165, 1.54) is 4.90 Å². The maximum Gasteiger partial charge on any atom is 0.322 e. The summed E-state index contributed by atoms with van der Waals surface area (Å²) < 4.78 is 0. The number of hydrogen-bond donors (Lipinski definition) is 6. The molecule has 0 radical (unpaired) electrons. The molecule has 0 saturated carbocycles. The normalized spacial score (nSPS) is 32.1. The number of imide groups is 1. The van der Waals surface area contributed by atoms with Crippen molar-refractivity contribution in [1.29, 1.82) is 0 Å². The van der Waals surface area contributed by atoms with Gasteiger partial charge in [-0.05, 0) is 18.1 Å². The first-order valence-electron chi connectivity index (χ1n) is 11.8. The van der Waals surface area contributed by atoms with Gasteiger partial charge in [0, 0.05) is 31.6 Å². The van der Waals surface area contributed by atoms with Crippen molar-refractivity contribution in [3.63, 3.8) is 0 Å². The molecule has 1 aromatic rings. The van der Waals surface area contributed by atoms with Crippen molar-refractivity contribution < 1.29 is 24.6 Å². The van der Waals surface area contributed by atoms with E-state index in [9.17, 15) is 24.6 Å². The molecule has 2 saturated heterocycles. The summed E-state index contributed by atoms with van der Waals surface area (Å²) >= 11 is 0. The molecule has 0 aliphatic carbocycles.